The maximum Gasteiger partial charge on any atom is 0.191 e. The second-order valence-electron chi connectivity index (χ2n) is 6.30. The number of nitrogens with zero attached hydrogens (tertiary/aromatic N) is 4. The number of aromatic nitrogens is 2. The van der Waals surface area contributed by atoms with Crippen LogP contribution in [0.1, 0.15) is 30.1 Å². The highest BCUT2D eigenvalue weighted by Crippen LogP contribution is 2.17. The molecule has 0 radical (unpaired) electrons. The van der Waals surface area contributed by atoms with Gasteiger partial charge < -0.3 is 15.5 Å². The monoisotopic (exact) mass is 362 g/mol. The molecule has 2 aromatic rings. The molecule has 1 aromatic heterocycles. The van der Waals surface area contributed by atoms with E-state index in [4.69, 9.17) is 11.6 Å². The summed E-state index contributed by atoms with van der Waals surface area (Å²) in [4.78, 5) is 6.50. The van der Waals surface area contributed by atoms with E-state index in [-0.39, 0.29) is 12.1 Å². The predicted octanol–water partition coefficient (Wildman–Crippen LogP) is 2.60. The second-order valence-corrected chi connectivity index (χ2v) is 6.73. The van der Waals surface area contributed by atoms with Crippen LogP contribution in [0.5, 0.6) is 0 Å². The van der Waals surface area contributed by atoms with E-state index in [1.54, 1.807) is 7.05 Å². The zero-order chi connectivity index (χ0) is 18.4. The fourth-order valence-electron chi connectivity index (χ4n) is 2.64. The van der Waals surface area contributed by atoms with Crippen LogP contribution in [0.3, 0.4) is 0 Å². The van der Waals surface area contributed by atoms with E-state index >= 15 is 0 Å². The third kappa shape index (κ3) is 5.47. The third-order valence-corrected chi connectivity index (χ3v) is 4.39. The molecule has 0 aliphatic rings. The lowest BCUT2D eigenvalue weighted by Crippen LogP contribution is -2.42. The fourth-order valence-corrected chi connectivity index (χ4v) is 2.76. The molecule has 25 heavy (non-hydrogen) atoms. The molecule has 0 aliphatic carbocycles. The van der Waals surface area contributed by atoms with Gasteiger partial charge in [-0.3, -0.25) is 9.67 Å². The fraction of sp³-hybridized carbons (Fsp3) is 0.444. The van der Waals surface area contributed by atoms with Gasteiger partial charge in [0.2, 0.25) is 0 Å². The Morgan fingerprint density at radius 1 is 1.28 bits per heavy atom. The average Bonchev–Trinajstić information content (AvgIpc) is 3.00. The largest absolute Gasteiger partial charge is 0.354 e. The highest BCUT2D eigenvalue weighted by atomic mass is 35.5. The minimum absolute atomic E-state index is 0.125. The summed E-state index contributed by atoms with van der Waals surface area (Å²) in [5.41, 5.74) is 2.32. The number of likely N-dealkylation sites (N-methyl/N-ethyl adjacent to an activating group) is 1. The summed E-state index contributed by atoms with van der Waals surface area (Å²) in [7, 11) is 7.83. The van der Waals surface area contributed by atoms with E-state index in [2.05, 4.69) is 46.6 Å². The first-order valence-electron chi connectivity index (χ1n) is 8.28. The van der Waals surface area contributed by atoms with Crippen molar-refractivity contribution in [2.45, 2.75) is 19.0 Å². The molecule has 1 heterocycles. The number of benzene rings is 1. The van der Waals surface area contributed by atoms with E-state index in [1.807, 2.05) is 48.4 Å². The van der Waals surface area contributed by atoms with Crippen LogP contribution in [-0.4, -0.2) is 48.3 Å². The minimum atomic E-state index is 0.125. The molecule has 136 valence electrons. The number of halogens is 1. The first-order chi connectivity index (χ1) is 11.9. The van der Waals surface area contributed by atoms with Gasteiger partial charge in [-0.1, -0.05) is 23.7 Å². The maximum atomic E-state index is 5.96. The third-order valence-electron chi connectivity index (χ3n) is 4.14. The maximum absolute atomic E-state index is 5.96. The van der Waals surface area contributed by atoms with Gasteiger partial charge in [0.05, 0.1) is 18.3 Å². The van der Waals surface area contributed by atoms with Crippen LogP contribution in [0.4, 0.5) is 0 Å². The molecule has 0 spiro atoms. The normalized spacial score (nSPS) is 14.4. The molecule has 1 aromatic carbocycles. The lowest BCUT2D eigenvalue weighted by atomic mass is 10.1. The van der Waals surface area contributed by atoms with Crippen LogP contribution in [0.15, 0.2) is 41.7 Å². The highest BCUT2D eigenvalue weighted by molar-refractivity contribution is 6.30. The van der Waals surface area contributed by atoms with Crippen LogP contribution >= 0.6 is 11.6 Å². The molecule has 0 amide bonds. The molecule has 0 saturated carbocycles. The Labute approximate surface area is 154 Å². The van der Waals surface area contributed by atoms with Crippen molar-refractivity contribution in [3.8, 4) is 0 Å². The zero-order valence-corrected chi connectivity index (χ0v) is 16.2. The lowest BCUT2D eigenvalue weighted by molar-refractivity contribution is 0.298. The summed E-state index contributed by atoms with van der Waals surface area (Å²) in [5, 5.41) is 11.8. The molecule has 2 unspecified atom stereocenters. The summed E-state index contributed by atoms with van der Waals surface area (Å²) in [6.07, 6.45) is 3.94. The molecule has 0 fully saturated rings. The molecule has 7 heteroatoms. The van der Waals surface area contributed by atoms with E-state index in [9.17, 15) is 0 Å². The molecule has 2 N–H and O–H groups in total. The number of aliphatic imine (C=N–C) groups is 1. The summed E-state index contributed by atoms with van der Waals surface area (Å²) < 4.78 is 1.82. The summed E-state index contributed by atoms with van der Waals surface area (Å²) in [5.74, 6) is 0.762. The quantitative estimate of drug-likeness (QED) is 0.612. The van der Waals surface area contributed by atoms with E-state index < -0.39 is 0 Å². The standard InChI is InChI=1S/C18H27ClN6/c1-13(14-6-8-16(19)9-7-14)23-18(20-2)21-11-17(24(3)4)15-10-22-25(5)12-15/h6-10,12-13,17H,11H2,1-5H3,(H2,20,21,23). The second kappa shape index (κ2) is 8.87. The lowest BCUT2D eigenvalue weighted by Gasteiger charge is -2.25. The SMILES string of the molecule is CN=C(NCC(c1cnn(C)c1)N(C)C)NC(C)c1ccc(Cl)cc1. The van der Waals surface area contributed by atoms with Gasteiger partial charge in [0.25, 0.3) is 0 Å². The van der Waals surface area contributed by atoms with E-state index in [0.717, 1.165) is 23.1 Å². The van der Waals surface area contributed by atoms with Gasteiger partial charge in [-0.2, -0.15) is 5.10 Å². The van der Waals surface area contributed by atoms with Crippen molar-refractivity contribution in [3.05, 3.63) is 52.8 Å². The van der Waals surface area contributed by atoms with Gasteiger partial charge in [0.15, 0.2) is 5.96 Å². The molecule has 2 rings (SSSR count). The van der Waals surface area contributed by atoms with Gasteiger partial charge in [0, 0.05) is 37.4 Å². The first kappa shape index (κ1) is 19.3. The number of hydrogen-bond donors (Lipinski definition) is 2. The first-order valence-corrected chi connectivity index (χ1v) is 8.66. The topological polar surface area (TPSA) is 57.5 Å². The van der Waals surface area contributed by atoms with Crippen molar-refractivity contribution in [2.75, 3.05) is 27.7 Å². The Morgan fingerprint density at radius 2 is 1.96 bits per heavy atom. The molecule has 0 aliphatic heterocycles. The Kier molecular flexibility index (Phi) is 6.84. The van der Waals surface area contributed by atoms with Crippen molar-refractivity contribution in [3.63, 3.8) is 0 Å². The van der Waals surface area contributed by atoms with Crippen molar-refractivity contribution in [2.24, 2.45) is 12.0 Å². The van der Waals surface area contributed by atoms with Crippen molar-refractivity contribution in [1.82, 2.24) is 25.3 Å². The minimum Gasteiger partial charge on any atom is -0.354 e. The van der Waals surface area contributed by atoms with Crippen molar-refractivity contribution in [1.29, 1.82) is 0 Å². The van der Waals surface area contributed by atoms with E-state index in [0.29, 0.717) is 0 Å². The van der Waals surface area contributed by atoms with Gasteiger partial charge >= 0.3 is 0 Å². The highest BCUT2D eigenvalue weighted by Gasteiger charge is 2.17. The summed E-state index contributed by atoms with van der Waals surface area (Å²) in [6.45, 7) is 2.83. The average molecular weight is 363 g/mol. The summed E-state index contributed by atoms with van der Waals surface area (Å²) >= 11 is 5.96. The number of rotatable bonds is 6. The summed E-state index contributed by atoms with van der Waals surface area (Å²) in [6, 6.07) is 8.17. The van der Waals surface area contributed by atoms with Crippen LogP contribution in [0, 0.1) is 0 Å². The number of aryl methyl sites for hydroxylation is 1. The number of nitrogens with one attached hydrogen (secondary N) is 2. The Hall–Kier alpha value is -2.05. The molecule has 6 nitrogen and oxygen atoms in total. The number of hydrogen-bond acceptors (Lipinski definition) is 3. The van der Waals surface area contributed by atoms with Gasteiger partial charge in [-0.25, -0.2) is 0 Å². The van der Waals surface area contributed by atoms with Crippen LogP contribution < -0.4 is 10.6 Å². The molecule has 2 atom stereocenters. The predicted molar refractivity (Wildman–Crippen MR) is 104 cm³/mol. The molecule has 0 bridgehead atoms. The molecule has 0 saturated heterocycles. The Morgan fingerprint density at radius 3 is 2.48 bits per heavy atom. The van der Waals surface area contributed by atoms with E-state index in [1.165, 1.54) is 5.56 Å². The zero-order valence-electron chi connectivity index (χ0n) is 15.5. The van der Waals surface area contributed by atoms with Crippen LogP contribution in [0.2, 0.25) is 5.02 Å². The van der Waals surface area contributed by atoms with Gasteiger partial charge in [0.1, 0.15) is 0 Å². The van der Waals surface area contributed by atoms with Gasteiger partial charge in [-0.05, 0) is 38.7 Å². The van der Waals surface area contributed by atoms with Crippen molar-refractivity contribution >= 4 is 17.6 Å². The number of guanidine groups is 1. The van der Waals surface area contributed by atoms with Crippen LogP contribution in [-0.2, 0) is 7.05 Å². The Bertz CT molecular complexity index is 692. The Balaban J connectivity index is 1.97. The molecular weight excluding hydrogens is 336 g/mol. The smallest absolute Gasteiger partial charge is 0.191 e. The van der Waals surface area contributed by atoms with Gasteiger partial charge in [-0.15, -0.1) is 0 Å². The van der Waals surface area contributed by atoms with Crippen LogP contribution in [0.25, 0.3) is 0 Å². The van der Waals surface area contributed by atoms with Crippen molar-refractivity contribution < 1.29 is 0 Å². The molecular formula is C18H27ClN6.